The predicted octanol–water partition coefficient (Wildman–Crippen LogP) is 4.44. The molecule has 0 saturated heterocycles. The van der Waals surface area contributed by atoms with Crippen LogP contribution >= 0.6 is 0 Å². The van der Waals surface area contributed by atoms with E-state index in [9.17, 15) is 0 Å². The number of hydrogen-bond donors (Lipinski definition) is 1. The van der Waals surface area contributed by atoms with Crippen LogP contribution in [0.15, 0.2) is 77.6 Å². The number of allylic oxidation sites excluding steroid dienone is 2. The van der Waals surface area contributed by atoms with Gasteiger partial charge in [0, 0.05) is 23.7 Å². The highest BCUT2D eigenvalue weighted by molar-refractivity contribution is 5.92. The smallest absolute Gasteiger partial charge is 0.101 e. The molecule has 4 rings (SSSR count). The van der Waals surface area contributed by atoms with Crippen LogP contribution in [0.1, 0.15) is 16.8 Å². The summed E-state index contributed by atoms with van der Waals surface area (Å²) in [6.45, 7) is 0. The molecule has 3 heteroatoms. The second-order valence-corrected chi connectivity index (χ2v) is 5.37. The van der Waals surface area contributed by atoms with Crippen molar-refractivity contribution in [2.45, 2.75) is 0 Å². The van der Waals surface area contributed by atoms with Crippen molar-refractivity contribution in [3.05, 3.63) is 89.4 Å². The molecule has 0 atom stereocenters. The summed E-state index contributed by atoms with van der Waals surface area (Å²) in [4.78, 5) is 7.64. The number of fused-ring (bicyclic) bond motifs is 1. The van der Waals surface area contributed by atoms with Crippen LogP contribution < -0.4 is 0 Å². The topological polar surface area (TPSA) is 51.9 Å². The fourth-order valence-electron chi connectivity index (χ4n) is 2.84. The van der Waals surface area contributed by atoms with Gasteiger partial charge in [0.15, 0.2) is 0 Å². The Balaban J connectivity index is 1.94. The molecule has 1 aliphatic rings. The van der Waals surface area contributed by atoms with Crippen molar-refractivity contribution in [2.75, 3.05) is 0 Å². The lowest BCUT2D eigenvalue weighted by atomic mass is 9.97. The third-order valence-corrected chi connectivity index (χ3v) is 3.93. The average molecular weight is 295 g/mol. The minimum absolute atomic E-state index is 0.616. The first kappa shape index (κ1) is 13.3. The first-order valence-electron chi connectivity index (χ1n) is 7.38. The number of aromatic nitrogens is 1. The minimum atomic E-state index is 0.616. The van der Waals surface area contributed by atoms with Gasteiger partial charge in [-0.2, -0.15) is 5.26 Å². The summed E-state index contributed by atoms with van der Waals surface area (Å²) in [5.74, 6) is 0. The summed E-state index contributed by atoms with van der Waals surface area (Å²) >= 11 is 0. The number of nitrogens with one attached hydrogen (secondary N) is 1. The molecule has 3 aromatic rings. The molecular weight excluding hydrogens is 282 g/mol. The molecule has 23 heavy (non-hydrogen) atoms. The second-order valence-electron chi connectivity index (χ2n) is 5.37. The van der Waals surface area contributed by atoms with E-state index in [0.717, 1.165) is 22.5 Å². The SMILES string of the molecule is N#Cc1c[nH]c(/C(=C2/C=CC=N2)c2ccc3ccccc3c2)c1. The lowest BCUT2D eigenvalue weighted by Gasteiger charge is -2.09. The van der Waals surface area contributed by atoms with Crippen molar-refractivity contribution in [2.24, 2.45) is 4.99 Å². The number of hydrogen-bond acceptors (Lipinski definition) is 2. The molecule has 0 aliphatic carbocycles. The highest BCUT2D eigenvalue weighted by atomic mass is 14.8. The molecule has 3 nitrogen and oxygen atoms in total. The van der Waals surface area contributed by atoms with Crippen LogP contribution in [0.3, 0.4) is 0 Å². The van der Waals surface area contributed by atoms with Gasteiger partial charge in [0.25, 0.3) is 0 Å². The number of rotatable bonds is 2. The van der Waals surface area contributed by atoms with Crippen LogP contribution in [0, 0.1) is 11.3 Å². The van der Waals surface area contributed by atoms with E-state index in [1.54, 1.807) is 12.4 Å². The number of aliphatic imine (C=N–C) groups is 1. The number of benzene rings is 2. The van der Waals surface area contributed by atoms with Crippen molar-refractivity contribution < 1.29 is 0 Å². The third kappa shape index (κ3) is 2.37. The van der Waals surface area contributed by atoms with Gasteiger partial charge < -0.3 is 4.98 Å². The predicted molar refractivity (Wildman–Crippen MR) is 93.1 cm³/mol. The number of H-pyrrole nitrogens is 1. The Morgan fingerprint density at radius 2 is 1.91 bits per heavy atom. The van der Waals surface area contributed by atoms with E-state index < -0.39 is 0 Å². The fraction of sp³-hybridized carbons (Fsp3) is 0. The standard InChI is InChI=1S/C20H13N3/c21-12-14-10-19(23-13-14)20(18-6-3-9-22-18)17-8-7-15-4-1-2-5-16(15)11-17/h1-11,13,23H/b20-18-. The summed E-state index contributed by atoms with van der Waals surface area (Å²) in [7, 11) is 0. The highest BCUT2D eigenvalue weighted by Gasteiger charge is 2.14. The molecule has 1 N–H and O–H groups in total. The van der Waals surface area contributed by atoms with Crippen molar-refractivity contribution in [1.29, 1.82) is 5.26 Å². The lowest BCUT2D eigenvalue weighted by Crippen LogP contribution is -1.92. The van der Waals surface area contributed by atoms with Crippen LogP contribution in [-0.4, -0.2) is 11.2 Å². The van der Waals surface area contributed by atoms with Gasteiger partial charge in [-0.25, -0.2) is 0 Å². The van der Waals surface area contributed by atoms with Crippen LogP contribution in [0.25, 0.3) is 16.3 Å². The van der Waals surface area contributed by atoms with Crippen molar-refractivity contribution in [1.82, 2.24) is 4.98 Å². The molecule has 0 fully saturated rings. The zero-order valence-corrected chi connectivity index (χ0v) is 12.3. The third-order valence-electron chi connectivity index (χ3n) is 3.93. The zero-order chi connectivity index (χ0) is 15.6. The Kier molecular flexibility index (Phi) is 3.14. The van der Waals surface area contributed by atoms with E-state index in [2.05, 4.69) is 46.4 Å². The Morgan fingerprint density at radius 1 is 1.04 bits per heavy atom. The molecule has 1 aromatic heterocycles. The number of nitriles is 1. The van der Waals surface area contributed by atoms with E-state index in [1.165, 1.54) is 10.8 Å². The van der Waals surface area contributed by atoms with Crippen molar-refractivity contribution in [3.8, 4) is 6.07 Å². The van der Waals surface area contributed by atoms with E-state index >= 15 is 0 Å². The lowest BCUT2D eigenvalue weighted by molar-refractivity contribution is 1.32. The number of nitrogens with zero attached hydrogens (tertiary/aromatic N) is 2. The summed E-state index contributed by atoms with van der Waals surface area (Å²) < 4.78 is 0. The summed E-state index contributed by atoms with van der Waals surface area (Å²) in [5, 5.41) is 11.5. The Labute approximate surface area is 133 Å². The first-order chi connectivity index (χ1) is 11.3. The monoisotopic (exact) mass is 295 g/mol. The molecule has 2 heterocycles. The molecular formula is C20H13N3. The maximum atomic E-state index is 9.08. The molecule has 0 bridgehead atoms. The average Bonchev–Trinajstić information content (AvgIpc) is 3.27. The quantitative estimate of drug-likeness (QED) is 0.746. The molecule has 0 saturated carbocycles. The van der Waals surface area contributed by atoms with Crippen LogP contribution in [0.2, 0.25) is 0 Å². The Bertz CT molecular complexity index is 1010. The van der Waals surface area contributed by atoms with E-state index in [0.29, 0.717) is 5.56 Å². The molecule has 2 aromatic carbocycles. The molecule has 1 aliphatic heterocycles. The van der Waals surface area contributed by atoms with Crippen molar-refractivity contribution >= 4 is 22.6 Å². The zero-order valence-electron chi connectivity index (χ0n) is 12.3. The van der Waals surface area contributed by atoms with Gasteiger partial charge in [0.05, 0.1) is 11.3 Å². The molecule has 0 radical (unpaired) electrons. The Hall–Kier alpha value is -3.38. The van der Waals surface area contributed by atoms with Crippen LogP contribution in [0.4, 0.5) is 0 Å². The molecule has 0 amide bonds. The largest absolute Gasteiger partial charge is 0.360 e. The minimum Gasteiger partial charge on any atom is -0.360 e. The maximum Gasteiger partial charge on any atom is 0.101 e. The molecule has 0 spiro atoms. The van der Waals surface area contributed by atoms with E-state index in [4.69, 9.17) is 5.26 Å². The van der Waals surface area contributed by atoms with Gasteiger partial charge >= 0.3 is 0 Å². The maximum absolute atomic E-state index is 9.08. The normalized spacial score (nSPS) is 15.1. The summed E-state index contributed by atoms with van der Waals surface area (Å²) in [6, 6.07) is 18.7. The summed E-state index contributed by atoms with van der Waals surface area (Å²) in [5.41, 5.74) is 4.49. The number of aromatic amines is 1. The van der Waals surface area contributed by atoms with Gasteiger partial charge in [0.1, 0.15) is 6.07 Å². The van der Waals surface area contributed by atoms with Gasteiger partial charge in [-0.05, 0) is 40.6 Å². The highest BCUT2D eigenvalue weighted by Crippen LogP contribution is 2.31. The van der Waals surface area contributed by atoms with Gasteiger partial charge in [-0.15, -0.1) is 0 Å². The van der Waals surface area contributed by atoms with Crippen molar-refractivity contribution in [3.63, 3.8) is 0 Å². The van der Waals surface area contributed by atoms with Gasteiger partial charge in [0.2, 0.25) is 0 Å². The van der Waals surface area contributed by atoms with Gasteiger partial charge in [-0.3, -0.25) is 4.99 Å². The van der Waals surface area contributed by atoms with E-state index in [-0.39, 0.29) is 0 Å². The Morgan fingerprint density at radius 3 is 2.65 bits per heavy atom. The van der Waals surface area contributed by atoms with E-state index in [1.807, 2.05) is 30.4 Å². The fourth-order valence-corrected chi connectivity index (χ4v) is 2.84. The van der Waals surface area contributed by atoms with Crippen LogP contribution in [-0.2, 0) is 0 Å². The van der Waals surface area contributed by atoms with Crippen LogP contribution in [0.5, 0.6) is 0 Å². The second kappa shape index (κ2) is 5.43. The summed E-state index contributed by atoms with van der Waals surface area (Å²) in [6.07, 6.45) is 7.41. The van der Waals surface area contributed by atoms with Gasteiger partial charge in [-0.1, -0.05) is 36.4 Å². The first-order valence-corrected chi connectivity index (χ1v) is 7.38. The molecule has 0 unspecified atom stereocenters. The molecule has 108 valence electrons.